The Morgan fingerprint density at radius 3 is 2.85 bits per heavy atom. The maximum atomic E-state index is 12.7. The zero-order valence-electron chi connectivity index (χ0n) is 20.1. The van der Waals surface area contributed by atoms with Gasteiger partial charge in [0.2, 0.25) is 5.43 Å². The Kier molecular flexibility index (Phi) is 6.90. The molecule has 0 radical (unpaired) electrons. The van der Waals surface area contributed by atoms with Gasteiger partial charge < -0.3 is 44.9 Å². The first-order chi connectivity index (χ1) is 18.6. The lowest BCUT2D eigenvalue weighted by atomic mass is 9.87. The number of aliphatic hydroxyl groups excluding tert-OH is 1. The van der Waals surface area contributed by atoms with E-state index in [2.05, 4.69) is 52.3 Å². The number of aromatic amines is 1. The first-order valence-corrected chi connectivity index (χ1v) is 13.0. The monoisotopic (exact) mass is 665 g/mol. The lowest BCUT2D eigenvalue weighted by molar-refractivity contribution is -0.114. The number of amides is 1. The number of carbonyl (C=O) groups is 1. The van der Waals surface area contributed by atoms with E-state index in [1.807, 2.05) is 0 Å². The summed E-state index contributed by atoms with van der Waals surface area (Å²) in [5, 5.41) is 47.8. The minimum Gasteiger partial charge on any atom is -0.506 e. The molecule has 3 heterocycles. The highest BCUT2D eigenvalue weighted by Crippen LogP contribution is 2.44. The average Bonchev–Trinajstić information content (AvgIpc) is 3.55. The summed E-state index contributed by atoms with van der Waals surface area (Å²) in [5.74, 6) is -1.43. The van der Waals surface area contributed by atoms with Crippen molar-refractivity contribution in [2.75, 3.05) is 13.7 Å². The largest absolute Gasteiger partial charge is 0.506 e. The van der Waals surface area contributed by atoms with Crippen molar-refractivity contribution in [1.82, 2.24) is 19.9 Å². The van der Waals surface area contributed by atoms with Gasteiger partial charge in [-0.25, -0.2) is 4.98 Å². The summed E-state index contributed by atoms with van der Waals surface area (Å²) in [6, 6.07) is 1.25. The molecule has 0 unspecified atom stereocenters. The molecule has 1 aromatic carbocycles. The molecule has 1 amide bonds. The predicted octanol–water partition coefficient (Wildman–Crippen LogP) is 1.91. The molecule has 1 aliphatic carbocycles. The van der Waals surface area contributed by atoms with Crippen molar-refractivity contribution in [1.29, 1.82) is 0 Å². The van der Waals surface area contributed by atoms with Gasteiger partial charge in [0, 0.05) is 37.8 Å². The summed E-state index contributed by atoms with van der Waals surface area (Å²) in [6.45, 7) is 0.184. The first-order valence-electron chi connectivity index (χ1n) is 11.4. The van der Waals surface area contributed by atoms with Crippen molar-refractivity contribution < 1.29 is 34.8 Å². The number of benzene rings is 1. The highest BCUT2D eigenvalue weighted by Gasteiger charge is 2.50. The number of oxime groups is 1. The minimum absolute atomic E-state index is 0.0196. The smallest absolute Gasteiger partial charge is 0.269 e. The maximum Gasteiger partial charge on any atom is 0.269 e. The number of imidazole rings is 1. The number of hydrogen-bond donors (Lipinski definition) is 6. The van der Waals surface area contributed by atoms with E-state index in [1.165, 1.54) is 24.1 Å². The van der Waals surface area contributed by atoms with Crippen LogP contribution >= 0.6 is 31.9 Å². The number of H-pyrrole nitrogens is 1. The Labute approximate surface area is 236 Å². The number of carbonyl (C=O) groups excluding carboxylic acids is 1. The first kappa shape index (κ1) is 26.8. The summed E-state index contributed by atoms with van der Waals surface area (Å²) < 4.78 is 7.56. The van der Waals surface area contributed by atoms with Gasteiger partial charge >= 0.3 is 0 Å². The molecular formula is C24H21Br2N5O8. The number of nitrogens with zero attached hydrogens (tertiary/aromatic N) is 3. The van der Waals surface area contributed by atoms with Gasteiger partial charge in [0.05, 0.1) is 44.7 Å². The topological polar surface area (TPSA) is 192 Å². The summed E-state index contributed by atoms with van der Waals surface area (Å²) in [4.78, 5) is 37.4. The number of fused-ring (bicyclic) bond motifs is 1. The molecule has 0 fully saturated rings. The van der Waals surface area contributed by atoms with Crippen LogP contribution in [0, 0.1) is 0 Å². The average molecular weight is 667 g/mol. The fourth-order valence-electron chi connectivity index (χ4n) is 4.39. The molecule has 5 rings (SSSR count). The second-order valence-corrected chi connectivity index (χ2v) is 10.5. The standard InChI is InChI=1S/C24H21Br2N5O8/c1-38-21-11(25)5-24(22(36)17(21)26)6-12(30-39-24)23(37)27-3-2-10-8-31(9-29-10)13-4-14(32)18-16(19(13)34)20(35)15(33)7-28-18/h4-5,7-9,22,32-34,36H,2-3,6H2,1H3,(H,27,37)(H,28,35)/t22-,24+/m0/s1. The third kappa shape index (κ3) is 4.55. The van der Waals surface area contributed by atoms with Gasteiger partial charge in [0.15, 0.2) is 17.1 Å². The van der Waals surface area contributed by atoms with Crippen LogP contribution in [0.25, 0.3) is 16.6 Å². The molecule has 1 aliphatic heterocycles. The van der Waals surface area contributed by atoms with Crippen LogP contribution in [0.3, 0.4) is 0 Å². The molecule has 13 nitrogen and oxygen atoms in total. The molecule has 204 valence electrons. The highest BCUT2D eigenvalue weighted by atomic mass is 79.9. The van der Waals surface area contributed by atoms with E-state index in [9.17, 15) is 30.0 Å². The van der Waals surface area contributed by atoms with E-state index >= 15 is 0 Å². The number of aromatic nitrogens is 3. The number of ether oxygens (including phenoxy) is 1. The molecule has 2 aromatic heterocycles. The molecule has 1 spiro atoms. The normalized spacial score (nSPS) is 20.7. The zero-order valence-corrected chi connectivity index (χ0v) is 23.3. The van der Waals surface area contributed by atoms with Gasteiger partial charge in [-0.2, -0.15) is 0 Å². The predicted molar refractivity (Wildman–Crippen MR) is 145 cm³/mol. The van der Waals surface area contributed by atoms with Crippen LogP contribution < -0.4 is 10.7 Å². The van der Waals surface area contributed by atoms with Crippen LogP contribution in [-0.4, -0.2) is 71.9 Å². The Morgan fingerprint density at radius 2 is 2.10 bits per heavy atom. The number of allylic oxidation sites excluding steroid dienone is 1. The molecule has 15 heteroatoms. The second kappa shape index (κ2) is 10.1. The van der Waals surface area contributed by atoms with Crippen molar-refractivity contribution in [3.05, 3.63) is 61.5 Å². The lowest BCUT2D eigenvalue weighted by Gasteiger charge is -2.33. The number of rotatable bonds is 6. The van der Waals surface area contributed by atoms with E-state index in [1.54, 1.807) is 12.3 Å². The Balaban J connectivity index is 1.24. The molecule has 39 heavy (non-hydrogen) atoms. The fraction of sp³-hybridized carbons (Fsp3) is 0.250. The van der Waals surface area contributed by atoms with Crippen LogP contribution in [0.5, 0.6) is 17.2 Å². The Morgan fingerprint density at radius 1 is 1.33 bits per heavy atom. The van der Waals surface area contributed by atoms with Gasteiger partial charge in [0.25, 0.3) is 5.91 Å². The number of phenols is 2. The summed E-state index contributed by atoms with van der Waals surface area (Å²) >= 11 is 6.69. The molecule has 2 aliphatic rings. The van der Waals surface area contributed by atoms with Crippen molar-refractivity contribution in [2.45, 2.75) is 24.5 Å². The molecule has 6 N–H and O–H groups in total. The quantitative estimate of drug-likeness (QED) is 0.213. The van der Waals surface area contributed by atoms with Crippen LogP contribution in [0.15, 0.2) is 55.5 Å². The van der Waals surface area contributed by atoms with E-state index < -0.39 is 34.5 Å². The van der Waals surface area contributed by atoms with Crippen molar-refractivity contribution in [3.63, 3.8) is 0 Å². The van der Waals surface area contributed by atoms with Gasteiger partial charge in [-0.15, -0.1) is 0 Å². The number of phenolic OH excluding ortho intramolecular Hbond substituents is 2. The molecule has 2 atom stereocenters. The van der Waals surface area contributed by atoms with E-state index in [4.69, 9.17) is 9.57 Å². The van der Waals surface area contributed by atoms with Crippen molar-refractivity contribution in [3.8, 4) is 22.9 Å². The number of nitrogens with one attached hydrogen (secondary N) is 2. The fourth-order valence-corrected chi connectivity index (χ4v) is 6.18. The van der Waals surface area contributed by atoms with E-state index in [0.29, 0.717) is 26.8 Å². The number of aliphatic hydroxyl groups is 1. The third-order valence-electron chi connectivity index (χ3n) is 6.40. The summed E-state index contributed by atoms with van der Waals surface area (Å²) in [6.07, 6.45) is 4.75. The summed E-state index contributed by atoms with van der Waals surface area (Å²) in [7, 11) is 1.46. The minimum atomic E-state index is -1.27. The molecular weight excluding hydrogens is 646 g/mol. The second-order valence-electron chi connectivity index (χ2n) is 8.83. The summed E-state index contributed by atoms with van der Waals surface area (Å²) in [5.41, 5.74) is -1.42. The molecule has 0 bridgehead atoms. The maximum absolute atomic E-state index is 12.7. The van der Waals surface area contributed by atoms with Crippen LogP contribution in [0.4, 0.5) is 0 Å². The number of aromatic hydroxyl groups is 3. The number of hydrogen-bond acceptors (Lipinski definition) is 10. The van der Waals surface area contributed by atoms with Gasteiger partial charge in [-0.05, 0) is 37.9 Å². The van der Waals surface area contributed by atoms with Gasteiger partial charge in [0.1, 0.15) is 23.3 Å². The van der Waals surface area contributed by atoms with Crippen molar-refractivity contribution >= 4 is 54.4 Å². The molecule has 0 saturated carbocycles. The molecule has 0 saturated heterocycles. The van der Waals surface area contributed by atoms with Crippen LogP contribution in [0.1, 0.15) is 12.1 Å². The van der Waals surface area contributed by atoms with Crippen LogP contribution in [0.2, 0.25) is 0 Å². The SMILES string of the molecule is COC1=C(Br)[C@H](O)[C@@]2(C=C1Br)CC(C(=O)NCCc1cn(-c3cc(O)c4[nH]cc(O)c(=O)c4c3O)cn1)=NO2. The van der Waals surface area contributed by atoms with Gasteiger partial charge in [-0.1, -0.05) is 5.16 Å². The Bertz CT molecular complexity index is 1660. The van der Waals surface area contributed by atoms with E-state index in [0.717, 1.165) is 6.20 Å². The highest BCUT2D eigenvalue weighted by molar-refractivity contribution is 9.12. The third-order valence-corrected chi connectivity index (χ3v) is 7.78. The van der Waals surface area contributed by atoms with Crippen molar-refractivity contribution in [2.24, 2.45) is 5.16 Å². The van der Waals surface area contributed by atoms with Gasteiger partial charge in [-0.3, -0.25) is 9.59 Å². The van der Waals surface area contributed by atoms with Crippen LogP contribution in [-0.2, 0) is 20.8 Å². The Hall–Kier alpha value is -3.82. The lowest BCUT2D eigenvalue weighted by Crippen LogP contribution is -2.45. The molecule has 3 aromatic rings. The number of methoxy groups -OCH3 is 1. The zero-order chi connectivity index (χ0) is 28.1. The number of pyridine rings is 1. The van der Waals surface area contributed by atoms with E-state index in [-0.39, 0.29) is 41.0 Å². The number of halogens is 2.